The molecule has 1 atom stereocenters. The van der Waals surface area contributed by atoms with Crippen LogP contribution in [0.15, 0.2) is 97.2 Å². The lowest BCUT2D eigenvalue weighted by Crippen LogP contribution is -2.30. The van der Waals surface area contributed by atoms with Gasteiger partial charge in [-0.2, -0.15) is 0 Å². The van der Waals surface area contributed by atoms with E-state index in [1.165, 1.54) is 161 Å². The maximum atomic E-state index is 12.9. The Labute approximate surface area is 464 Å². The Morgan fingerprint density at radius 3 is 0.813 bits per heavy atom. The predicted octanol–water partition coefficient (Wildman–Crippen LogP) is 21.7. The van der Waals surface area contributed by atoms with Crippen LogP contribution in [-0.4, -0.2) is 37.2 Å². The molecular weight excluding hydrogens is 925 g/mol. The molecule has 0 aliphatic carbocycles. The molecule has 6 heteroatoms. The van der Waals surface area contributed by atoms with E-state index in [0.717, 1.165) is 103 Å². The Bertz CT molecular complexity index is 1480. The maximum Gasteiger partial charge on any atom is 0.306 e. The van der Waals surface area contributed by atoms with Crippen LogP contribution in [0.5, 0.6) is 0 Å². The topological polar surface area (TPSA) is 78.9 Å². The van der Waals surface area contributed by atoms with Gasteiger partial charge in [0.2, 0.25) is 0 Å². The van der Waals surface area contributed by atoms with Crippen molar-refractivity contribution in [2.24, 2.45) is 0 Å². The van der Waals surface area contributed by atoms with Crippen LogP contribution in [0.25, 0.3) is 0 Å². The van der Waals surface area contributed by atoms with Gasteiger partial charge < -0.3 is 14.2 Å². The molecule has 0 N–H and O–H groups in total. The minimum atomic E-state index is -0.779. The van der Waals surface area contributed by atoms with Gasteiger partial charge in [0, 0.05) is 19.3 Å². The molecule has 75 heavy (non-hydrogen) atoms. The van der Waals surface area contributed by atoms with E-state index in [9.17, 15) is 14.4 Å². The highest BCUT2D eigenvalue weighted by Crippen LogP contribution is 2.16. The van der Waals surface area contributed by atoms with E-state index >= 15 is 0 Å². The first kappa shape index (κ1) is 71.3. The molecule has 6 nitrogen and oxygen atoms in total. The first-order valence-electron chi connectivity index (χ1n) is 31.7. The van der Waals surface area contributed by atoms with Gasteiger partial charge in [0.15, 0.2) is 6.10 Å². The van der Waals surface area contributed by atoms with Gasteiger partial charge in [0.25, 0.3) is 0 Å². The normalized spacial score (nSPS) is 12.7. The second-order valence-corrected chi connectivity index (χ2v) is 20.9. The molecule has 0 fully saturated rings. The van der Waals surface area contributed by atoms with E-state index in [-0.39, 0.29) is 31.1 Å². The zero-order chi connectivity index (χ0) is 54.3. The summed E-state index contributed by atoms with van der Waals surface area (Å²) in [6, 6.07) is 0. The summed E-state index contributed by atoms with van der Waals surface area (Å²) in [5, 5.41) is 0. The van der Waals surface area contributed by atoms with E-state index in [1.54, 1.807) is 0 Å². The van der Waals surface area contributed by atoms with Gasteiger partial charge >= 0.3 is 17.9 Å². The first-order valence-corrected chi connectivity index (χ1v) is 31.7. The average Bonchev–Trinajstić information content (AvgIpc) is 3.41. The first-order chi connectivity index (χ1) is 37.0. The molecule has 0 spiro atoms. The number of unbranched alkanes of at least 4 members (excludes halogenated alkanes) is 30. The molecule has 0 saturated carbocycles. The molecule has 0 aromatic carbocycles. The highest BCUT2D eigenvalue weighted by Gasteiger charge is 2.19. The Morgan fingerprint density at radius 2 is 0.520 bits per heavy atom. The summed E-state index contributed by atoms with van der Waals surface area (Å²) in [4.78, 5) is 38.1. The second kappa shape index (κ2) is 62.9. The number of carbonyl (C=O) groups excluding carboxylic acids is 3. The van der Waals surface area contributed by atoms with Crippen LogP contribution in [-0.2, 0) is 28.6 Å². The number of carbonyl (C=O) groups is 3. The quantitative estimate of drug-likeness (QED) is 0.0261. The molecule has 0 bridgehead atoms. The van der Waals surface area contributed by atoms with Gasteiger partial charge in [-0.1, -0.05) is 279 Å². The second-order valence-electron chi connectivity index (χ2n) is 20.9. The van der Waals surface area contributed by atoms with Crippen molar-refractivity contribution >= 4 is 17.9 Å². The van der Waals surface area contributed by atoms with Crippen LogP contribution in [0.1, 0.15) is 303 Å². The van der Waals surface area contributed by atoms with Crippen LogP contribution in [0.4, 0.5) is 0 Å². The number of hydrogen-bond donors (Lipinski definition) is 0. The lowest BCUT2D eigenvalue weighted by Gasteiger charge is -2.18. The summed E-state index contributed by atoms with van der Waals surface area (Å²) in [6.07, 6.45) is 84.3. The van der Waals surface area contributed by atoms with E-state index in [2.05, 4.69) is 118 Å². The fourth-order valence-electron chi connectivity index (χ4n) is 8.83. The highest BCUT2D eigenvalue weighted by molar-refractivity contribution is 5.71. The van der Waals surface area contributed by atoms with Crippen molar-refractivity contribution in [3.05, 3.63) is 97.2 Å². The summed E-state index contributed by atoms with van der Waals surface area (Å²) >= 11 is 0. The molecule has 1 unspecified atom stereocenters. The standard InChI is InChI=1S/C69H118O6/c1-4-7-10-13-16-18-20-22-24-26-28-30-31-32-33-34-35-36-37-39-40-42-44-46-48-50-53-56-59-62-68(71)74-65-66(64-73-67(70)61-58-55-52-15-12-9-6-3)75-69(72)63-60-57-54-51-49-47-45-43-41-38-29-27-25-23-21-19-17-14-11-8-5-2/h7,10,16,18,21-24,27-30,32-33,35-36,66H,4-6,8-9,11-15,17,19-20,25-26,31,34,37-65H2,1-3H3/b10-7-,18-16-,23-21-,24-22-,29-27-,30-28-,33-32-,36-35-. The van der Waals surface area contributed by atoms with Crippen molar-refractivity contribution in [3.63, 3.8) is 0 Å². The highest BCUT2D eigenvalue weighted by atomic mass is 16.6. The Kier molecular flexibility index (Phi) is 59.8. The van der Waals surface area contributed by atoms with Gasteiger partial charge in [-0.05, 0) is 103 Å². The van der Waals surface area contributed by atoms with E-state index in [1.807, 2.05) is 0 Å². The number of hydrogen-bond acceptors (Lipinski definition) is 6. The molecule has 0 saturated heterocycles. The lowest BCUT2D eigenvalue weighted by molar-refractivity contribution is -0.167. The zero-order valence-corrected chi connectivity index (χ0v) is 49.3. The van der Waals surface area contributed by atoms with Gasteiger partial charge in [-0.15, -0.1) is 0 Å². The maximum absolute atomic E-state index is 12.9. The third-order valence-electron chi connectivity index (χ3n) is 13.6. The lowest BCUT2D eigenvalue weighted by atomic mass is 10.1. The fourth-order valence-corrected chi connectivity index (χ4v) is 8.83. The molecule has 430 valence electrons. The Hall–Kier alpha value is -3.67. The third kappa shape index (κ3) is 61.1. The summed E-state index contributed by atoms with van der Waals surface area (Å²) in [7, 11) is 0. The van der Waals surface area contributed by atoms with E-state index in [4.69, 9.17) is 14.2 Å². The van der Waals surface area contributed by atoms with Crippen LogP contribution in [0.3, 0.4) is 0 Å². The molecule has 0 amide bonds. The number of ether oxygens (including phenoxy) is 3. The summed E-state index contributed by atoms with van der Waals surface area (Å²) in [5.41, 5.74) is 0. The summed E-state index contributed by atoms with van der Waals surface area (Å²) in [6.45, 7) is 6.49. The molecule has 0 radical (unpaired) electrons. The monoisotopic (exact) mass is 1040 g/mol. The molecular formula is C69H118O6. The molecule has 0 rings (SSSR count). The van der Waals surface area contributed by atoms with Crippen LogP contribution in [0, 0.1) is 0 Å². The summed E-state index contributed by atoms with van der Waals surface area (Å²) in [5.74, 6) is -0.886. The van der Waals surface area contributed by atoms with Gasteiger partial charge in [0.1, 0.15) is 13.2 Å². The molecule has 0 aliphatic rings. The largest absolute Gasteiger partial charge is 0.462 e. The number of allylic oxidation sites excluding steroid dienone is 16. The van der Waals surface area contributed by atoms with Crippen molar-refractivity contribution < 1.29 is 28.6 Å². The van der Waals surface area contributed by atoms with Crippen molar-refractivity contribution in [2.75, 3.05) is 13.2 Å². The van der Waals surface area contributed by atoms with E-state index < -0.39 is 6.10 Å². The molecule has 0 aromatic heterocycles. The van der Waals surface area contributed by atoms with Crippen molar-refractivity contribution in [1.82, 2.24) is 0 Å². The fraction of sp³-hybridized carbons (Fsp3) is 0.725. The Balaban J connectivity index is 4.15. The number of esters is 3. The molecule has 0 heterocycles. The number of rotatable bonds is 57. The smallest absolute Gasteiger partial charge is 0.306 e. The van der Waals surface area contributed by atoms with Crippen molar-refractivity contribution in [2.45, 2.75) is 309 Å². The SMILES string of the molecule is CC/C=C\C/C=C\C/C=C\C/C=C\C/C=C\C/C=C\CCCCCCCCCCCCC(=O)OCC(COC(=O)CCCCCCCCC)OC(=O)CCCCCCCCCCC/C=C\C/C=C\CCCCCCC. The third-order valence-corrected chi connectivity index (χ3v) is 13.6. The minimum absolute atomic E-state index is 0.0786. The van der Waals surface area contributed by atoms with E-state index in [0.29, 0.717) is 19.3 Å². The predicted molar refractivity (Wildman–Crippen MR) is 325 cm³/mol. The van der Waals surface area contributed by atoms with Crippen molar-refractivity contribution in [1.29, 1.82) is 0 Å². The summed E-state index contributed by atoms with van der Waals surface area (Å²) < 4.78 is 16.8. The van der Waals surface area contributed by atoms with Gasteiger partial charge in [0.05, 0.1) is 0 Å². The van der Waals surface area contributed by atoms with Crippen LogP contribution >= 0.6 is 0 Å². The Morgan fingerprint density at radius 1 is 0.280 bits per heavy atom. The molecule has 0 aromatic rings. The molecule has 0 aliphatic heterocycles. The van der Waals surface area contributed by atoms with Gasteiger partial charge in [-0.25, -0.2) is 0 Å². The van der Waals surface area contributed by atoms with Crippen LogP contribution in [0.2, 0.25) is 0 Å². The minimum Gasteiger partial charge on any atom is -0.462 e. The zero-order valence-electron chi connectivity index (χ0n) is 49.3. The van der Waals surface area contributed by atoms with Crippen molar-refractivity contribution in [3.8, 4) is 0 Å². The van der Waals surface area contributed by atoms with Gasteiger partial charge in [-0.3, -0.25) is 14.4 Å². The van der Waals surface area contributed by atoms with Crippen LogP contribution < -0.4 is 0 Å². The average molecular weight is 1040 g/mol.